The van der Waals surface area contributed by atoms with Crippen LogP contribution in [0.4, 0.5) is 0 Å². The molecule has 1 aliphatic heterocycles. The molecule has 3 heteroatoms. The van der Waals surface area contributed by atoms with E-state index >= 15 is 0 Å². The lowest BCUT2D eigenvalue weighted by Crippen LogP contribution is -2.33. The SMILES string of the molecule is C=C(C)CN1CCC(C(=O)O)C1C. The van der Waals surface area contributed by atoms with E-state index in [0.29, 0.717) is 0 Å². The van der Waals surface area contributed by atoms with Crippen LogP contribution in [-0.4, -0.2) is 35.1 Å². The third kappa shape index (κ3) is 2.31. The van der Waals surface area contributed by atoms with Gasteiger partial charge in [0, 0.05) is 12.6 Å². The normalized spacial score (nSPS) is 29.1. The van der Waals surface area contributed by atoms with Gasteiger partial charge in [0.15, 0.2) is 0 Å². The van der Waals surface area contributed by atoms with E-state index < -0.39 is 5.97 Å². The first-order chi connectivity index (χ1) is 6.02. The van der Waals surface area contributed by atoms with Gasteiger partial charge in [0.1, 0.15) is 0 Å². The number of carbonyl (C=O) groups is 1. The van der Waals surface area contributed by atoms with E-state index in [0.717, 1.165) is 25.1 Å². The van der Waals surface area contributed by atoms with Gasteiger partial charge in [-0.2, -0.15) is 0 Å². The fraction of sp³-hybridized carbons (Fsp3) is 0.700. The first kappa shape index (κ1) is 10.3. The zero-order valence-electron chi connectivity index (χ0n) is 8.29. The first-order valence-corrected chi connectivity index (χ1v) is 4.63. The number of hydrogen-bond acceptors (Lipinski definition) is 2. The van der Waals surface area contributed by atoms with Gasteiger partial charge in [0.2, 0.25) is 0 Å². The van der Waals surface area contributed by atoms with Crippen molar-refractivity contribution < 1.29 is 9.90 Å². The van der Waals surface area contributed by atoms with Gasteiger partial charge in [0.25, 0.3) is 0 Å². The van der Waals surface area contributed by atoms with E-state index in [1.54, 1.807) is 0 Å². The van der Waals surface area contributed by atoms with E-state index in [4.69, 9.17) is 5.11 Å². The van der Waals surface area contributed by atoms with Crippen LogP contribution in [0.25, 0.3) is 0 Å². The molecule has 0 aliphatic carbocycles. The second kappa shape index (κ2) is 3.92. The van der Waals surface area contributed by atoms with Crippen LogP contribution in [0.5, 0.6) is 0 Å². The van der Waals surface area contributed by atoms with Crippen LogP contribution in [0.2, 0.25) is 0 Å². The molecular formula is C10H17NO2. The Morgan fingerprint density at radius 2 is 2.31 bits per heavy atom. The highest BCUT2D eigenvalue weighted by Gasteiger charge is 2.34. The summed E-state index contributed by atoms with van der Waals surface area (Å²) in [6, 6.07) is 0.147. The maximum absolute atomic E-state index is 10.8. The minimum Gasteiger partial charge on any atom is -0.481 e. The summed E-state index contributed by atoms with van der Waals surface area (Å²) in [5.74, 6) is -0.865. The second-order valence-electron chi connectivity index (χ2n) is 3.90. The number of nitrogens with zero attached hydrogens (tertiary/aromatic N) is 1. The Labute approximate surface area is 79.0 Å². The van der Waals surface area contributed by atoms with Crippen molar-refractivity contribution in [2.24, 2.45) is 5.92 Å². The van der Waals surface area contributed by atoms with Gasteiger partial charge >= 0.3 is 5.97 Å². The summed E-state index contributed by atoms with van der Waals surface area (Å²) < 4.78 is 0. The van der Waals surface area contributed by atoms with Gasteiger partial charge in [-0.1, -0.05) is 12.2 Å². The highest BCUT2D eigenvalue weighted by atomic mass is 16.4. The van der Waals surface area contributed by atoms with Crippen molar-refractivity contribution in [2.45, 2.75) is 26.3 Å². The highest BCUT2D eigenvalue weighted by molar-refractivity contribution is 5.71. The number of hydrogen-bond donors (Lipinski definition) is 1. The molecule has 0 amide bonds. The Balaban J connectivity index is 2.54. The fourth-order valence-corrected chi connectivity index (χ4v) is 1.90. The topological polar surface area (TPSA) is 40.5 Å². The lowest BCUT2D eigenvalue weighted by atomic mass is 10.0. The van der Waals surface area contributed by atoms with Crippen LogP contribution in [0.3, 0.4) is 0 Å². The number of carboxylic acid groups (broad SMARTS) is 1. The molecule has 1 fully saturated rings. The second-order valence-corrected chi connectivity index (χ2v) is 3.90. The van der Waals surface area contributed by atoms with Crippen molar-refractivity contribution >= 4 is 5.97 Å². The molecule has 0 saturated carbocycles. The molecule has 1 saturated heterocycles. The fourth-order valence-electron chi connectivity index (χ4n) is 1.90. The minimum atomic E-state index is -0.670. The standard InChI is InChI=1S/C10H17NO2/c1-7(2)6-11-5-4-9(8(11)3)10(12)13/h8-9H,1,4-6H2,2-3H3,(H,12,13). The Hall–Kier alpha value is -0.830. The van der Waals surface area contributed by atoms with Gasteiger partial charge in [-0.3, -0.25) is 9.69 Å². The van der Waals surface area contributed by atoms with Gasteiger partial charge in [-0.05, 0) is 26.8 Å². The Kier molecular flexibility index (Phi) is 3.09. The maximum Gasteiger partial charge on any atom is 0.308 e. The molecule has 0 aromatic carbocycles. The highest BCUT2D eigenvalue weighted by Crippen LogP contribution is 2.24. The van der Waals surface area contributed by atoms with Crippen LogP contribution in [0.1, 0.15) is 20.3 Å². The van der Waals surface area contributed by atoms with Crippen molar-refractivity contribution in [2.75, 3.05) is 13.1 Å². The number of likely N-dealkylation sites (tertiary alicyclic amines) is 1. The van der Waals surface area contributed by atoms with Crippen LogP contribution in [-0.2, 0) is 4.79 Å². The molecule has 2 atom stereocenters. The number of aliphatic carboxylic acids is 1. The minimum absolute atomic E-state index is 0.147. The van der Waals surface area contributed by atoms with Gasteiger partial charge in [-0.15, -0.1) is 0 Å². The van der Waals surface area contributed by atoms with Gasteiger partial charge in [0.05, 0.1) is 5.92 Å². The summed E-state index contributed by atoms with van der Waals surface area (Å²) >= 11 is 0. The predicted octanol–water partition coefficient (Wildman–Crippen LogP) is 1.36. The Bertz CT molecular complexity index is 225. The quantitative estimate of drug-likeness (QED) is 0.671. The summed E-state index contributed by atoms with van der Waals surface area (Å²) in [4.78, 5) is 13.0. The molecular weight excluding hydrogens is 166 g/mol. The molecule has 2 unspecified atom stereocenters. The Morgan fingerprint density at radius 3 is 2.69 bits per heavy atom. The Morgan fingerprint density at radius 1 is 1.69 bits per heavy atom. The molecule has 0 radical (unpaired) electrons. The van der Waals surface area contributed by atoms with Crippen molar-refractivity contribution in [3.63, 3.8) is 0 Å². The van der Waals surface area contributed by atoms with Crippen LogP contribution in [0, 0.1) is 5.92 Å². The molecule has 1 rings (SSSR count). The summed E-state index contributed by atoms with van der Waals surface area (Å²) in [5, 5.41) is 8.89. The average Bonchev–Trinajstić information content (AvgIpc) is 2.32. The first-order valence-electron chi connectivity index (χ1n) is 4.63. The molecule has 1 aliphatic rings. The molecule has 74 valence electrons. The zero-order chi connectivity index (χ0) is 10.0. The van der Waals surface area contributed by atoms with E-state index in [9.17, 15) is 4.79 Å². The summed E-state index contributed by atoms with van der Waals surface area (Å²) in [6.45, 7) is 9.49. The zero-order valence-corrected chi connectivity index (χ0v) is 8.29. The van der Waals surface area contributed by atoms with Crippen LogP contribution >= 0.6 is 0 Å². The van der Waals surface area contributed by atoms with Crippen molar-refractivity contribution in [3.8, 4) is 0 Å². The molecule has 0 spiro atoms. The molecule has 13 heavy (non-hydrogen) atoms. The van der Waals surface area contributed by atoms with Crippen LogP contribution in [0.15, 0.2) is 12.2 Å². The average molecular weight is 183 g/mol. The molecule has 1 N–H and O–H groups in total. The monoisotopic (exact) mass is 183 g/mol. The third-order valence-electron chi connectivity index (χ3n) is 2.68. The predicted molar refractivity (Wildman–Crippen MR) is 51.6 cm³/mol. The summed E-state index contributed by atoms with van der Waals surface area (Å²) in [5.41, 5.74) is 1.10. The lowest BCUT2D eigenvalue weighted by Gasteiger charge is -2.22. The van der Waals surface area contributed by atoms with Crippen molar-refractivity contribution in [1.29, 1.82) is 0 Å². The number of rotatable bonds is 3. The van der Waals surface area contributed by atoms with Gasteiger partial charge in [-0.25, -0.2) is 0 Å². The van der Waals surface area contributed by atoms with E-state index in [1.807, 2.05) is 13.8 Å². The molecule has 1 heterocycles. The van der Waals surface area contributed by atoms with E-state index in [-0.39, 0.29) is 12.0 Å². The van der Waals surface area contributed by atoms with Crippen LogP contribution < -0.4 is 0 Å². The van der Waals surface area contributed by atoms with Gasteiger partial charge < -0.3 is 5.11 Å². The smallest absolute Gasteiger partial charge is 0.308 e. The molecule has 0 aromatic rings. The molecule has 0 aromatic heterocycles. The van der Waals surface area contributed by atoms with E-state index in [2.05, 4.69) is 11.5 Å². The molecule has 0 bridgehead atoms. The van der Waals surface area contributed by atoms with Crippen molar-refractivity contribution in [3.05, 3.63) is 12.2 Å². The lowest BCUT2D eigenvalue weighted by molar-refractivity contribution is -0.142. The molecule has 3 nitrogen and oxygen atoms in total. The third-order valence-corrected chi connectivity index (χ3v) is 2.68. The largest absolute Gasteiger partial charge is 0.481 e. The summed E-state index contributed by atoms with van der Waals surface area (Å²) in [6.07, 6.45) is 0.768. The number of carboxylic acids is 1. The van der Waals surface area contributed by atoms with Crippen molar-refractivity contribution in [1.82, 2.24) is 4.90 Å². The summed E-state index contributed by atoms with van der Waals surface area (Å²) in [7, 11) is 0. The maximum atomic E-state index is 10.8. The van der Waals surface area contributed by atoms with E-state index in [1.165, 1.54) is 0 Å².